The van der Waals surface area contributed by atoms with Crippen molar-refractivity contribution >= 4 is 23.1 Å². The molecule has 0 atom stereocenters. The van der Waals surface area contributed by atoms with Gasteiger partial charge in [-0.05, 0) is 55.3 Å². The standard InChI is InChI=1S/C20H23N5OS/c1-14-3-4-15(2)18(11-14)21-20(26)24-8-5-17(6-9-24)25-12-19(22-23-25)16-7-10-27-13-16/h3-4,7,10-13,17H,5-6,8-9H2,1-2H3,(H,21,26). The summed E-state index contributed by atoms with van der Waals surface area (Å²) in [5, 5.41) is 15.8. The lowest BCUT2D eigenvalue weighted by Crippen LogP contribution is -2.41. The molecule has 0 aliphatic carbocycles. The van der Waals surface area contributed by atoms with E-state index in [1.54, 1.807) is 11.3 Å². The highest BCUT2D eigenvalue weighted by molar-refractivity contribution is 7.08. The van der Waals surface area contributed by atoms with E-state index < -0.39 is 0 Å². The highest BCUT2D eigenvalue weighted by atomic mass is 32.1. The van der Waals surface area contributed by atoms with E-state index in [9.17, 15) is 4.79 Å². The molecule has 2 aromatic heterocycles. The van der Waals surface area contributed by atoms with Crippen LogP contribution in [0.3, 0.4) is 0 Å². The molecular weight excluding hydrogens is 358 g/mol. The Labute approximate surface area is 162 Å². The highest BCUT2D eigenvalue weighted by Gasteiger charge is 2.25. The number of hydrogen-bond donors (Lipinski definition) is 1. The number of thiophene rings is 1. The van der Waals surface area contributed by atoms with Crippen LogP contribution in [0.4, 0.5) is 10.5 Å². The van der Waals surface area contributed by atoms with E-state index >= 15 is 0 Å². The molecule has 1 aliphatic heterocycles. The van der Waals surface area contributed by atoms with Crippen molar-refractivity contribution in [3.8, 4) is 11.3 Å². The van der Waals surface area contributed by atoms with Gasteiger partial charge in [0.15, 0.2) is 0 Å². The van der Waals surface area contributed by atoms with Crippen molar-refractivity contribution in [3.05, 3.63) is 52.3 Å². The second-order valence-electron chi connectivity index (χ2n) is 7.06. The zero-order chi connectivity index (χ0) is 18.8. The van der Waals surface area contributed by atoms with Gasteiger partial charge >= 0.3 is 6.03 Å². The third-order valence-corrected chi connectivity index (χ3v) is 5.77. The smallest absolute Gasteiger partial charge is 0.321 e. The lowest BCUT2D eigenvalue weighted by atomic mass is 10.1. The molecule has 0 saturated carbocycles. The molecule has 1 aliphatic rings. The van der Waals surface area contributed by atoms with Gasteiger partial charge < -0.3 is 10.2 Å². The first-order valence-electron chi connectivity index (χ1n) is 9.18. The summed E-state index contributed by atoms with van der Waals surface area (Å²) in [4.78, 5) is 14.5. The van der Waals surface area contributed by atoms with Crippen LogP contribution in [0.2, 0.25) is 0 Å². The molecule has 4 rings (SSSR count). The zero-order valence-corrected chi connectivity index (χ0v) is 16.4. The number of rotatable bonds is 3. The number of nitrogens with zero attached hydrogens (tertiary/aromatic N) is 4. The maximum atomic E-state index is 12.6. The summed E-state index contributed by atoms with van der Waals surface area (Å²) in [5.74, 6) is 0. The van der Waals surface area contributed by atoms with Crippen molar-refractivity contribution < 1.29 is 4.79 Å². The van der Waals surface area contributed by atoms with Crippen LogP contribution in [0.25, 0.3) is 11.3 Å². The SMILES string of the molecule is Cc1ccc(C)c(NC(=O)N2CCC(n3cc(-c4ccsc4)nn3)CC2)c1. The molecule has 6 nitrogen and oxygen atoms in total. The van der Waals surface area contributed by atoms with Crippen LogP contribution >= 0.6 is 11.3 Å². The number of urea groups is 1. The van der Waals surface area contributed by atoms with Crippen LogP contribution < -0.4 is 5.32 Å². The number of likely N-dealkylation sites (tertiary alicyclic amines) is 1. The van der Waals surface area contributed by atoms with E-state index in [0.29, 0.717) is 0 Å². The van der Waals surface area contributed by atoms with E-state index in [-0.39, 0.29) is 12.1 Å². The molecule has 3 heterocycles. The molecule has 0 bridgehead atoms. The van der Waals surface area contributed by atoms with Gasteiger partial charge in [0.25, 0.3) is 0 Å². The average molecular weight is 382 g/mol. The van der Waals surface area contributed by atoms with Crippen molar-refractivity contribution in [2.45, 2.75) is 32.7 Å². The third kappa shape index (κ3) is 3.88. The molecule has 1 fully saturated rings. The molecular formula is C20H23N5OS. The average Bonchev–Trinajstić information content (AvgIpc) is 3.36. The molecule has 27 heavy (non-hydrogen) atoms. The Hall–Kier alpha value is -2.67. The molecule has 0 unspecified atom stereocenters. The van der Waals surface area contributed by atoms with Crippen molar-refractivity contribution in [3.63, 3.8) is 0 Å². The number of piperidine rings is 1. The van der Waals surface area contributed by atoms with E-state index in [2.05, 4.69) is 33.1 Å². The predicted molar refractivity (Wildman–Crippen MR) is 108 cm³/mol. The van der Waals surface area contributed by atoms with E-state index in [0.717, 1.165) is 54.0 Å². The van der Waals surface area contributed by atoms with Crippen LogP contribution in [-0.4, -0.2) is 39.0 Å². The molecule has 2 amide bonds. The summed E-state index contributed by atoms with van der Waals surface area (Å²) in [6, 6.07) is 8.42. The van der Waals surface area contributed by atoms with Gasteiger partial charge in [0, 0.05) is 29.7 Å². The molecule has 0 radical (unpaired) electrons. The fourth-order valence-electron chi connectivity index (χ4n) is 3.40. The largest absolute Gasteiger partial charge is 0.324 e. The molecule has 3 aromatic rings. The van der Waals surface area contributed by atoms with Gasteiger partial charge in [-0.25, -0.2) is 9.48 Å². The second-order valence-corrected chi connectivity index (χ2v) is 7.84. The number of amides is 2. The van der Waals surface area contributed by atoms with Crippen LogP contribution in [-0.2, 0) is 0 Å². The number of benzene rings is 1. The van der Waals surface area contributed by atoms with Gasteiger partial charge in [-0.3, -0.25) is 0 Å². The van der Waals surface area contributed by atoms with E-state index in [1.165, 1.54) is 0 Å². The summed E-state index contributed by atoms with van der Waals surface area (Å²) in [7, 11) is 0. The summed E-state index contributed by atoms with van der Waals surface area (Å²) in [6.45, 7) is 5.48. The normalized spacial score (nSPS) is 15.1. The summed E-state index contributed by atoms with van der Waals surface area (Å²) in [6.07, 6.45) is 3.78. The van der Waals surface area contributed by atoms with E-state index in [1.807, 2.05) is 47.1 Å². The molecule has 0 spiro atoms. The van der Waals surface area contributed by atoms with Crippen molar-refractivity contribution in [2.24, 2.45) is 0 Å². The van der Waals surface area contributed by atoms with E-state index in [4.69, 9.17) is 0 Å². The minimum atomic E-state index is -0.0281. The maximum Gasteiger partial charge on any atom is 0.321 e. The number of aromatic nitrogens is 3. The Balaban J connectivity index is 1.36. The number of aryl methyl sites for hydroxylation is 2. The predicted octanol–water partition coefficient (Wildman–Crippen LogP) is 4.49. The van der Waals surface area contributed by atoms with Crippen LogP contribution in [0, 0.1) is 13.8 Å². The first-order chi connectivity index (χ1) is 13.1. The minimum absolute atomic E-state index is 0.0281. The Morgan fingerprint density at radius 1 is 1.22 bits per heavy atom. The maximum absolute atomic E-state index is 12.6. The lowest BCUT2D eigenvalue weighted by Gasteiger charge is -2.32. The second kappa shape index (κ2) is 7.52. The molecule has 140 valence electrons. The van der Waals surface area contributed by atoms with Crippen molar-refractivity contribution in [1.82, 2.24) is 19.9 Å². The number of carbonyl (C=O) groups excluding carboxylic acids is 1. The van der Waals surface area contributed by atoms with Crippen LogP contribution in [0.15, 0.2) is 41.2 Å². The van der Waals surface area contributed by atoms with Gasteiger partial charge in [0.1, 0.15) is 5.69 Å². The Bertz CT molecular complexity index is 926. The fraction of sp³-hybridized carbons (Fsp3) is 0.350. The third-order valence-electron chi connectivity index (χ3n) is 5.09. The van der Waals surface area contributed by atoms with Gasteiger partial charge in [0.05, 0.1) is 12.2 Å². The monoisotopic (exact) mass is 381 g/mol. The first-order valence-corrected chi connectivity index (χ1v) is 10.1. The van der Waals surface area contributed by atoms with Gasteiger partial charge in [-0.15, -0.1) is 5.10 Å². The zero-order valence-electron chi connectivity index (χ0n) is 15.6. The molecule has 1 saturated heterocycles. The molecule has 7 heteroatoms. The summed E-state index contributed by atoms with van der Waals surface area (Å²) in [5.41, 5.74) is 5.12. The van der Waals surface area contributed by atoms with Crippen LogP contribution in [0.5, 0.6) is 0 Å². The van der Waals surface area contributed by atoms with Gasteiger partial charge in [-0.2, -0.15) is 11.3 Å². The topological polar surface area (TPSA) is 63.1 Å². The number of anilines is 1. The Morgan fingerprint density at radius 3 is 2.78 bits per heavy atom. The van der Waals surface area contributed by atoms with Gasteiger partial charge in [-0.1, -0.05) is 17.3 Å². The lowest BCUT2D eigenvalue weighted by molar-refractivity contribution is 0.179. The van der Waals surface area contributed by atoms with Gasteiger partial charge in [0.2, 0.25) is 0 Å². The number of hydrogen-bond acceptors (Lipinski definition) is 4. The number of nitrogens with one attached hydrogen (secondary N) is 1. The summed E-state index contributed by atoms with van der Waals surface area (Å²) < 4.78 is 1.95. The summed E-state index contributed by atoms with van der Waals surface area (Å²) >= 11 is 1.66. The highest BCUT2D eigenvalue weighted by Crippen LogP contribution is 2.26. The van der Waals surface area contributed by atoms with Crippen molar-refractivity contribution in [1.29, 1.82) is 0 Å². The Kier molecular flexibility index (Phi) is 4.94. The fourth-order valence-corrected chi connectivity index (χ4v) is 4.05. The van der Waals surface area contributed by atoms with Crippen molar-refractivity contribution in [2.75, 3.05) is 18.4 Å². The quantitative estimate of drug-likeness (QED) is 0.727. The molecule has 1 aromatic carbocycles. The Morgan fingerprint density at radius 2 is 2.04 bits per heavy atom. The van der Waals surface area contributed by atoms with Crippen LogP contribution in [0.1, 0.15) is 30.0 Å². The minimum Gasteiger partial charge on any atom is -0.324 e. The first kappa shape index (κ1) is 17.7. The number of carbonyl (C=O) groups is 1. The molecule has 1 N–H and O–H groups in total.